The second-order valence-corrected chi connectivity index (χ2v) is 4.49. The Morgan fingerprint density at radius 3 is 2.41 bits per heavy atom. The first-order valence-corrected chi connectivity index (χ1v) is 5.46. The molecule has 94 valence electrons. The van der Waals surface area contributed by atoms with E-state index in [-0.39, 0.29) is 17.8 Å². The van der Waals surface area contributed by atoms with Crippen molar-refractivity contribution >= 4 is 0 Å². The maximum absolute atomic E-state index is 12.7. The van der Waals surface area contributed by atoms with E-state index in [2.05, 4.69) is 0 Å². The predicted octanol–water partition coefficient (Wildman–Crippen LogP) is 2.82. The van der Waals surface area contributed by atoms with Gasteiger partial charge in [0.25, 0.3) is 0 Å². The summed E-state index contributed by atoms with van der Waals surface area (Å²) in [5.41, 5.74) is 4.73. The number of para-hydroxylation sites is 1. The van der Waals surface area contributed by atoms with Gasteiger partial charge in [0.15, 0.2) is 0 Å². The molecule has 0 heterocycles. The summed E-state index contributed by atoms with van der Waals surface area (Å²) < 4.78 is 43.3. The Balaban J connectivity index is 2.10. The van der Waals surface area contributed by atoms with Crippen LogP contribution in [0.4, 0.5) is 13.2 Å². The lowest BCUT2D eigenvalue weighted by molar-refractivity contribution is -0.139. The zero-order valence-corrected chi connectivity index (χ0v) is 9.26. The number of hydrogen-bond donors (Lipinski definition) is 1. The fraction of sp³-hybridized carbons (Fsp3) is 0.500. The molecule has 0 aliphatic heterocycles. The summed E-state index contributed by atoms with van der Waals surface area (Å²) in [6.07, 6.45) is -2.52. The molecule has 1 aliphatic carbocycles. The van der Waals surface area contributed by atoms with Gasteiger partial charge in [0.2, 0.25) is 0 Å². The second kappa shape index (κ2) is 4.22. The van der Waals surface area contributed by atoms with E-state index in [0.717, 1.165) is 18.9 Å². The fourth-order valence-corrected chi connectivity index (χ4v) is 1.64. The van der Waals surface area contributed by atoms with Crippen LogP contribution < -0.4 is 10.5 Å². The van der Waals surface area contributed by atoms with Crippen molar-refractivity contribution in [3.63, 3.8) is 0 Å². The van der Waals surface area contributed by atoms with Crippen LogP contribution in [-0.4, -0.2) is 13.2 Å². The Kier molecular flexibility index (Phi) is 3.03. The lowest BCUT2D eigenvalue weighted by Gasteiger charge is -2.17. The van der Waals surface area contributed by atoms with Gasteiger partial charge in [-0.2, -0.15) is 13.2 Å². The quantitative estimate of drug-likeness (QED) is 0.885. The highest BCUT2D eigenvalue weighted by molar-refractivity contribution is 5.35. The molecule has 0 radical (unpaired) electrons. The summed E-state index contributed by atoms with van der Waals surface area (Å²) in [6, 6.07) is 5.25. The molecular formula is C12H14F3NO. The Labute approximate surface area is 97.6 Å². The van der Waals surface area contributed by atoms with E-state index in [1.54, 1.807) is 0 Å². The maximum Gasteiger partial charge on any atom is 0.419 e. The number of benzene rings is 1. The minimum Gasteiger partial charge on any atom is -0.492 e. The first-order valence-electron chi connectivity index (χ1n) is 5.46. The highest BCUT2D eigenvalue weighted by Gasteiger charge is 2.43. The summed E-state index contributed by atoms with van der Waals surface area (Å²) in [5, 5.41) is 0. The van der Waals surface area contributed by atoms with E-state index in [0.29, 0.717) is 6.54 Å². The number of rotatable bonds is 4. The van der Waals surface area contributed by atoms with Crippen LogP contribution in [0.1, 0.15) is 18.4 Å². The molecular weight excluding hydrogens is 231 g/mol. The molecule has 5 heteroatoms. The summed E-state index contributed by atoms with van der Waals surface area (Å²) >= 11 is 0. The molecule has 1 aliphatic rings. The second-order valence-electron chi connectivity index (χ2n) is 4.49. The highest BCUT2D eigenvalue weighted by Crippen LogP contribution is 2.45. The summed E-state index contributed by atoms with van der Waals surface area (Å²) in [4.78, 5) is 0. The molecule has 0 atom stereocenters. The van der Waals surface area contributed by atoms with Crippen LogP contribution in [-0.2, 0) is 6.18 Å². The monoisotopic (exact) mass is 245 g/mol. The lowest BCUT2D eigenvalue weighted by atomic mass is 10.1. The molecule has 1 fully saturated rings. The van der Waals surface area contributed by atoms with E-state index in [4.69, 9.17) is 10.5 Å². The van der Waals surface area contributed by atoms with Crippen molar-refractivity contribution in [2.24, 2.45) is 11.1 Å². The number of hydrogen-bond acceptors (Lipinski definition) is 2. The van der Waals surface area contributed by atoms with Crippen LogP contribution in [0, 0.1) is 5.41 Å². The van der Waals surface area contributed by atoms with E-state index in [1.165, 1.54) is 18.2 Å². The Morgan fingerprint density at radius 1 is 1.24 bits per heavy atom. The van der Waals surface area contributed by atoms with Gasteiger partial charge in [-0.05, 0) is 25.0 Å². The molecule has 2 rings (SSSR count). The molecule has 0 amide bonds. The third-order valence-electron chi connectivity index (χ3n) is 3.12. The first-order chi connectivity index (χ1) is 7.97. The number of nitrogens with two attached hydrogens (primary N) is 1. The molecule has 1 aromatic carbocycles. The zero-order valence-electron chi connectivity index (χ0n) is 9.26. The lowest BCUT2D eigenvalue weighted by Crippen LogP contribution is -2.23. The van der Waals surface area contributed by atoms with Gasteiger partial charge in [0.1, 0.15) is 5.75 Å². The van der Waals surface area contributed by atoms with Crippen molar-refractivity contribution < 1.29 is 17.9 Å². The van der Waals surface area contributed by atoms with Crippen LogP contribution in [0.2, 0.25) is 0 Å². The van der Waals surface area contributed by atoms with Crippen molar-refractivity contribution in [2.75, 3.05) is 13.2 Å². The molecule has 0 bridgehead atoms. The first kappa shape index (κ1) is 12.2. The van der Waals surface area contributed by atoms with Crippen molar-refractivity contribution in [1.29, 1.82) is 0 Å². The molecule has 1 saturated carbocycles. The van der Waals surface area contributed by atoms with E-state index in [1.807, 2.05) is 0 Å². The summed E-state index contributed by atoms with van der Waals surface area (Å²) in [6.45, 7) is 0.720. The van der Waals surface area contributed by atoms with E-state index >= 15 is 0 Å². The molecule has 0 aromatic heterocycles. The molecule has 17 heavy (non-hydrogen) atoms. The zero-order chi connectivity index (χ0) is 12.5. The van der Waals surface area contributed by atoms with Crippen molar-refractivity contribution in [3.8, 4) is 5.75 Å². The molecule has 0 spiro atoms. The SMILES string of the molecule is NCC1(COc2ccccc2C(F)(F)F)CC1. The Bertz CT molecular complexity index is 399. The smallest absolute Gasteiger partial charge is 0.419 e. The summed E-state index contributed by atoms with van der Waals surface area (Å²) in [7, 11) is 0. The highest BCUT2D eigenvalue weighted by atomic mass is 19.4. The molecule has 1 aromatic rings. The average Bonchev–Trinajstić information content (AvgIpc) is 3.06. The van der Waals surface area contributed by atoms with E-state index in [9.17, 15) is 13.2 Å². The van der Waals surface area contributed by atoms with Crippen molar-refractivity contribution in [2.45, 2.75) is 19.0 Å². The number of alkyl halides is 3. The van der Waals surface area contributed by atoms with Gasteiger partial charge < -0.3 is 10.5 Å². The number of halogens is 3. The van der Waals surface area contributed by atoms with Gasteiger partial charge in [-0.1, -0.05) is 12.1 Å². The van der Waals surface area contributed by atoms with Gasteiger partial charge in [-0.15, -0.1) is 0 Å². The van der Waals surface area contributed by atoms with Crippen LogP contribution in [0.15, 0.2) is 24.3 Å². The van der Waals surface area contributed by atoms with Crippen LogP contribution in [0.3, 0.4) is 0 Å². The number of ether oxygens (including phenoxy) is 1. The Morgan fingerprint density at radius 2 is 1.88 bits per heavy atom. The minimum absolute atomic E-state index is 0.0985. The maximum atomic E-state index is 12.7. The van der Waals surface area contributed by atoms with Crippen LogP contribution >= 0.6 is 0 Å². The molecule has 2 N–H and O–H groups in total. The van der Waals surface area contributed by atoms with Gasteiger partial charge in [-0.3, -0.25) is 0 Å². The van der Waals surface area contributed by atoms with Gasteiger partial charge >= 0.3 is 6.18 Å². The molecule has 0 saturated heterocycles. The molecule has 2 nitrogen and oxygen atoms in total. The normalized spacial score (nSPS) is 17.9. The summed E-state index contributed by atoms with van der Waals surface area (Å²) in [5.74, 6) is -0.111. The third-order valence-corrected chi connectivity index (χ3v) is 3.12. The van der Waals surface area contributed by atoms with Crippen molar-refractivity contribution in [1.82, 2.24) is 0 Å². The average molecular weight is 245 g/mol. The third kappa shape index (κ3) is 2.72. The standard InChI is InChI=1S/C12H14F3NO/c13-12(14,15)9-3-1-2-4-10(9)17-8-11(7-16)5-6-11/h1-4H,5-8,16H2. The minimum atomic E-state index is -4.38. The molecule has 0 unspecified atom stereocenters. The van der Waals surface area contributed by atoms with Gasteiger partial charge in [-0.25, -0.2) is 0 Å². The van der Waals surface area contributed by atoms with Gasteiger partial charge in [0.05, 0.1) is 12.2 Å². The fourth-order valence-electron chi connectivity index (χ4n) is 1.64. The Hall–Kier alpha value is -1.23. The van der Waals surface area contributed by atoms with Crippen LogP contribution in [0.25, 0.3) is 0 Å². The van der Waals surface area contributed by atoms with Gasteiger partial charge in [0, 0.05) is 12.0 Å². The van der Waals surface area contributed by atoms with Crippen LogP contribution in [0.5, 0.6) is 5.75 Å². The van der Waals surface area contributed by atoms with Crippen molar-refractivity contribution in [3.05, 3.63) is 29.8 Å². The topological polar surface area (TPSA) is 35.2 Å². The predicted molar refractivity (Wildman–Crippen MR) is 57.7 cm³/mol. The van der Waals surface area contributed by atoms with E-state index < -0.39 is 11.7 Å². The largest absolute Gasteiger partial charge is 0.492 e.